The van der Waals surface area contributed by atoms with Crippen LogP contribution < -0.4 is 5.73 Å². The van der Waals surface area contributed by atoms with Gasteiger partial charge in [-0.2, -0.15) is 0 Å². The molecule has 3 N–H and O–H groups in total. The number of H-pyrrole nitrogens is 1. The Morgan fingerprint density at radius 3 is 2.68 bits per heavy atom. The van der Waals surface area contributed by atoms with Crippen LogP contribution in [-0.4, -0.2) is 21.5 Å². The Hall–Kier alpha value is -2.20. The number of fused-ring (bicyclic) bond motifs is 1. The summed E-state index contributed by atoms with van der Waals surface area (Å²) in [4.78, 5) is 12.3. The quantitative estimate of drug-likeness (QED) is 0.748. The van der Waals surface area contributed by atoms with Crippen molar-refractivity contribution in [2.45, 2.75) is 12.3 Å². The van der Waals surface area contributed by atoms with Gasteiger partial charge in [0.2, 0.25) is 0 Å². The zero-order valence-corrected chi connectivity index (χ0v) is 10.6. The third kappa shape index (κ3) is 2.48. The smallest absolute Gasteiger partial charge is 0.112 e. The van der Waals surface area contributed by atoms with Crippen molar-refractivity contribution < 1.29 is 0 Å². The highest BCUT2D eigenvalue weighted by Gasteiger charge is 2.15. The fourth-order valence-electron chi connectivity index (χ4n) is 2.23. The predicted molar refractivity (Wildman–Crippen MR) is 75.8 cm³/mol. The number of aromatic amines is 1. The minimum absolute atomic E-state index is 0.169. The fraction of sp³-hybridized carbons (Fsp3) is 0.200. The normalized spacial score (nSPS) is 12.7. The molecule has 0 spiro atoms. The minimum atomic E-state index is 0.169. The van der Waals surface area contributed by atoms with Gasteiger partial charge in [-0.05, 0) is 24.3 Å². The summed E-state index contributed by atoms with van der Waals surface area (Å²) in [6.45, 7) is 0.552. The van der Waals surface area contributed by atoms with E-state index in [1.165, 1.54) is 0 Å². The molecule has 0 radical (unpaired) electrons. The molecule has 3 aromatic rings. The lowest BCUT2D eigenvalue weighted by Gasteiger charge is -2.11. The van der Waals surface area contributed by atoms with Gasteiger partial charge in [0, 0.05) is 30.8 Å². The Labute approximate surface area is 111 Å². The SMILES string of the molecule is NCC(Cc1ccccn1)c1nc2ccccc2[nH]1. The van der Waals surface area contributed by atoms with Gasteiger partial charge < -0.3 is 10.7 Å². The molecule has 0 amide bonds. The van der Waals surface area contributed by atoms with Crippen molar-refractivity contribution in [3.05, 3.63) is 60.2 Å². The molecule has 0 aliphatic carbocycles. The first-order chi connectivity index (χ1) is 9.36. The van der Waals surface area contributed by atoms with E-state index in [1.807, 2.05) is 48.7 Å². The number of nitrogens with two attached hydrogens (primary N) is 1. The van der Waals surface area contributed by atoms with Crippen molar-refractivity contribution >= 4 is 11.0 Å². The minimum Gasteiger partial charge on any atom is -0.342 e. The van der Waals surface area contributed by atoms with Crippen LogP contribution in [0, 0.1) is 0 Å². The van der Waals surface area contributed by atoms with E-state index in [4.69, 9.17) is 5.73 Å². The molecule has 4 nitrogen and oxygen atoms in total. The number of benzene rings is 1. The first-order valence-electron chi connectivity index (χ1n) is 6.41. The summed E-state index contributed by atoms with van der Waals surface area (Å²) in [7, 11) is 0. The molecule has 0 bridgehead atoms. The van der Waals surface area contributed by atoms with Crippen molar-refractivity contribution in [1.82, 2.24) is 15.0 Å². The monoisotopic (exact) mass is 252 g/mol. The van der Waals surface area contributed by atoms with Crippen LogP contribution in [0.5, 0.6) is 0 Å². The number of hydrogen-bond donors (Lipinski definition) is 2. The van der Waals surface area contributed by atoms with Crippen molar-refractivity contribution in [3.63, 3.8) is 0 Å². The zero-order valence-electron chi connectivity index (χ0n) is 10.6. The van der Waals surface area contributed by atoms with Crippen LogP contribution in [0.15, 0.2) is 48.7 Å². The van der Waals surface area contributed by atoms with Gasteiger partial charge in [-0.1, -0.05) is 18.2 Å². The summed E-state index contributed by atoms with van der Waals surface area (Å²) >= 11 is 0. The second-order valence-corrected chi connectivity index (χ2v) is 4.60. The van der Waals surface area contributed by atoms with Crippen molar-refractivity contribution in [3.8, 4) is 0 Å². The standard InChI is InChI=1S/C15H16N4/c16-10-11(9-12-5-3-4-8-17-12)15-18-13-6-1-2-7-14(13)19-15/h1-8,11H,9-10,16H2,(H,18,19). The van der Waals surface area contributed by atoms with E-state index in [-0.39, 0.29) is 5.92 Å². The first-order valence-corrected chi connectivity index (χ1v) is 6.41. The Bertz CT molecular complexity index is 627. The fourth-order valence-corrected chi connectivity index (χ4v) is 2.23. The molecular formula is C15H16N4. The first kappa shape index (κ1) is 11.9. The molecule has 2 aromatic heterocycles. The molecule has 0 fully saturated rings. The lowest BCUT2D eigenvalue weighted by atomic mass is 10.0. The molecule has 4 heteroatoms. The molecule has 1 unspecified atom stereocenters. The van der Waals surface area contributed by atoms with Crippen molar-refractivity contribution in [2.24, 2.45) is 5.73 Å². The second kappa shape index (κ2) is 5.20. The van der Waals surface area contributed by atoms with Gasteiger partial charge in [-0.15, -0.1) is 0 Å². The average Bonchev–Trinajstić information content (AvgIpc) is 2.89. The van der Waals surface area contributed by atoms with Gasteiger partial charge in [0.25, 0.3) is 0 Å². The average molecular weight is 252 g/mol. The predicted octanol–water partition coefficient (Wildman–Crippen LogP) is 2.24. The van der Waals surface area contributed by atoms with E-state index in [9.17, 15) is 0 Å². The maximum atomic E-state index is 5.89. The zero-order chi connectivity index (χ0) is 13.1. The molecule has 0 aliphatic heterocycles. The highest BCUT2D eigenvalue weighted by molar-refractivity contribution is 5.74. The number of aromatic nitrogens is 3. The van der Waals surface area contributed by atoms with E-state index in [0.29, 0.717) is 6.54 Å². The van der Waals surface area contributed by atoms with Crippen molar-refractivity contribution in [2.75, 3.05) is 6.54 Å². The summed E-state index contributed by atoms with van der Waals surface area (Å²) in [6.07, 6.45) is 2.61. The summed E-state index contributed by atoms with van der Waals surface area (Å²) in [5.41, 5.74) is 8.96. The largest absolute Gasteiger partial charge is 0.342 e. The summed E-state index contributed by atoms with van der Waals surface area (Å²) in [6, 6.07) is 14.0. The Morgan fingerprint density at radius 2 is 1.95 bits per heavy atom. The van der Waals surface area contributed by atoms with E-state index < -0.39 is 0 Å². The third-order valence-corrected chi connectivity index (χ3v) is 3.26. The van der Waals surface area contributed by atoms with Crippen LogP contribution in [0.4, 0.5) is 0 Å². The van der Waals surface area contributed by atoms with E-state index in [2.05, 4.69) is 15.0 Å². The Balaban J connectivity index is 1.89. The lowest BCUT2D eigenvalue weighted by molar-refractivity contribution is 0.648. The van der Waals surface area contributed by atoms with E-state index >= 15 is 0 Å². The van der Waals surface area contributed by atoms with Crippen LogP contribution in [-0.2, 0) is 6.42 Å². The van der Waals surface area contributed by atoms with Gasteiger partial charge in [-0.3, -0.25) is 4.98 Å². The van der Waals surface area contributed by atoms with Gasteiger partial charge >= 0.3 is 0 Å². The van der Waals surface area contributed by atoms with E-state index in [0.717, 1.165) is 29.0 Å². The van der Waals surface area contributed by atoms with Crippen LogP contribution in [0.1, 0.15) is 17.4 Å². The number of hydrogen-bond acceptors (Lipinski definition) is 3. The third-order valence-electron chi connectivity index (χ3n) is 3.26. The summed E-state index contributed by atoms with van der Waals surface area (Å²) in [5, 5.41) is 0. The van der Waals surface area contributed by atoms with Crippen LogP contribution in [0.25, 0.3) is 11.0 Å². The Kier molecular flexibility index (Phi) is 3.25. The molecule has 1 aromatic carbocycles. The van der Waals surface area contributed by atoms with Crippen molar-refractivity contribution in [1.29, 1.82) is 0 Å². The molecule has 1 atom stereocenters. The Morgan fingerprint density at radius 1 is 1.11 bits per heavy atom. The number of nitrogens with one attached hydrogen (secondary N) is 1. The molecule has 0 saturated carbocycles. The highest BCUT2D eigenvalue weighted by atomic mass is 14.9. The van der Waals surface area contributed by atoms with Gasteiger partial charge in [0.1, 0.15) is 5.82 Å². The number of pyridine rings is 1. The van der Waals surface area contributed by atoms with Crippen LogP contribution in [0.3, 0.4) is 0 Å². The molecule has 3 rings (SSSR count). The molecule has 0 aliphatic rings. The number of rotatable bonds is 4. The number of nitrogens with zero attached hydrogens (tertiary/aromatic N) is 2. The highest BCUT2D eigenvalue weighted by Crippen LogP contribution is 2.19. The molecular weight excluding hydrogens is 236 g/mol. The maximum absolute atomic E-state index is 5.89. The van der Waals surface area contributed by atoms with E-state index in [1.54, 1.807) is 0 Å². The lowest BCUT2D eigenvalue weighted by Crippen LogP contribution is -2.16. The number of para-hydroxylation sites is 2. The molecule has 0 saturated heterocycles. The van der Waals surface area contributed by atoms with Gasteiger partial charge in [-0.25, -0.2) is 4.98 Å². The number of imidazole rings is 1. The topological polar surface area (TPSA) is 67.6 Å². The molecule has 2 heterocycles. The molecule has 19 heavy (non-hydrogen) atoms. The van der Waals surface area contributed by atoms with Crippen LogP contribution in [0.2, 0.25) is 0 Å². The molecule has 96 valence electrons. The summed E-state index contributed by atoms with van der Waals surface area (Å²) in [5.74, 6) is 1.11. The van der Waals surface area contributed by atoms with Crippen LogP contribution >= 0.6 is 0 Å². The summed E-state index contributed by atoms with van der Waals surface area (Å²) < 4.78 is 0. The van der Waals surface area contributed by atoms with Gasteiger partial charge in [0.15, 0.2) is 0 Å². The van der Waals surface area contributed by atoms with Gasteiger partial charge in [0.05, 0.1) is 11.0 Å². The second-order valence-electron chi connectivity index (χ2n) is 4.60. The maximum Gasteiger partial charge on any atom is 0.112 e.